The smallest absolute Gasteiger partial charge is 0.412 e. The first-order valence-corrected chi connectivity index (χ1v) is 11.3. The number of likely N-dealkylation sites (tertiary alicyclic amines) is 1. The maximum atomic E-state index is 12.9. The highest BCUT2D eigenvalue weighted by Crippen LogP contribution is 2.33. The quantitative estimate of drug-likeness (QED) is 0.309. The molecule has 2 unspecified atom stereocenters. The van der Waals surface area contributed by atoms with Gasteiger partial charge in [0, 0.05) is 19.6 Å². The maximum absolute atomic E-state index is 12.9. The minimum atomic E-state index is -0.724. The van der Waals surface area contributed by atoms with Crippen molar-refractivity contribution in [2.24, 2.45) is 10.9 Å². The first-order chi connectivity index (χ1) is 13.9. The first kappa shape index (κ1) is 28.2. The Kier molecular flexibility index (Phi) is 10.8. The molecular weight excluding hydrogens is 509 g/mol. The van der Waals surface area contributed by atoms with E-state index < -0.39 is 11.3 Å². The number of rotatable bonds is 5. The van der Waals surface area contributed by atoms with E-state index in [-0.39, 0.29) is 42.2 Å². The molecule has 2 atom stereocenters. The molecule has 0 spiro atoms. The fraction of sp³-hybridized carbons (Fsp3) is 0.909. The number of nitrogens with one attached hydrogen (secondary N) is 2. The lowest BCUT2D eigenvalue weighted by Gasteiger charge is -2.35. The van der Waals surface area contributed by atoms with Crippen LogP contribution in [0.5, 0.6) is 0 Å². The summed E-state index contributed by atoms with van der Waals surface area (Å²) in [5.41, 5.74) is -1.28. The Morgan fingerprint density at radius 2 is 1.84 bits per heavy atom. The van der Waals surface area contributed by atoms with Crippen molar-refractivity contribution in [1.29, 1.82) is 0 Å². The summed E-state index contributed by atoms with van der Waals surface area (Å²) in [6.07, 6.45) is 1.91. The van der Waals surface area contributed by atoms with E-state index in [0.29, 0.717) is 12.5 Å². The molecule has 0 aliphatic carbocycles. The summed E-state index contributed by atoms with van der Waals surface area (Å²) in [5, 5.41) is 6.75. The van der Waals surface area contributed by atoms with Gasteiger partial charge in [-0.25, -0.2) is 4.79 Å². The second-order valence-electron chi connectivity index (χ2n) is 10.0. The molecule has 0 bridgehead atoms. The van der Waals surface area contributed by atoms with Crippen LogP contribution in [0.4, 0.5) is 4.79 Å². The fourth-order valence-corrected chi connectivity index (χ4v) is 4.13. The third-order valence-corrected chi connectivity index (χ3v) is 5.69. The minimum absolute atomic E-state index is 0. The molecule has 0 saturated carbocycles. The van der Waals surface area contributed by atoms with E-state index in [4.69, 9.17) is 14.5 Å². The third kappa shape index (κ3) is 8.57. The zero-order valence-electron chi connectivity index (χ0n) is 20.7. The molecule has 0 aromatic carbocycles. The Labute approximate surface area is 205 Å². The fourth-order valence-electron chi connectivity index (χ4n) is 4.13. The van der Waals surface area contributed by atoms with Crippen molar-refractivity contribution in [2.45, 2.75) is 84.8 Å². The minimum Gasteiger partial charge on any atom is -0.444 e. The number of ether oxygens (including phenoxy) is 2. The summed E-state index contributed by atoms with van der Waals surface area (Å²) in [6.45, 7) is 18.0. The molecule has 0 radical (unpaired) electrons. The number of nitrogens with zero attached hydrogens (tertiary/aromatic N) is 3. The number of guanidine groups is 1. The van der Waals surface area contributed by atoms with E-state index in [2.05, 4.69) is 29.5 Å². The molecule has 0 aromatic heterocycles. The monoisotopic (exact) mass is 553 g/mol. The van der Waals surface area contributed by atoms with Crippen LogP contribution in [0.3, 0.4) is 0 Å². The zero-order valence-corrected chi connectivity index (χ0v) is 23.0. The topological polar surface area (TPSA) is 78.4 Å². The highest BCUT2D eigenvalue weighted by molar-refractivity contribution is 14.0. The van der Waals surface area contributed by atoms with E-state index in [1.165, 1.54) is 12.8 Å². The molecule has 1 amide bonds. The van der Waals surface area contributed by atoms with Crippen molar-refractivity contribution < 1.29 is 14.3 Å². The number of hydrogen-bond donors (Lipinski definition) is 2. The van der Waals surface area contributed by atoms with E-state index >= 15 is 0 Å². The zero-order chi connectivity index (χ0) is 22.5. The predicted octanol–water partition coefficient (Wildman–Crippen LogP) is 3.26. The summed E-state index contributed by atoms with van der Waals surface area (Å²) in [7, 11) is 2.17. The van der Waals surface area contributed by atoms with Crippen LogP contribution in [0.1, 0.15) is 61.3 Å². The van der Waals surface area contributed by atoms with Crippen molar-refractivity contribution in [3.05, 3.63) is 0 Å². The van der Waals surface area contributed by atoms with Crippen molar-refractivity contribution in [1.82, 2.24) is 20.4 Å². The summed E-state index contributed by atoms with van der Waals surface area (Å²) in [6, 6.07) is -0.151. The normalized spacial score (nSPS) is 25.2. The van der Waals surface area contributed by atoms with Crippen LogP contribution < -0.4 is 10.6 Å². The van der Waals surface area contributed by atoms with Crippen LogP contribution in [-0.4, -0.2) is 85.1 Å². The van der Waals surface area contributed by atoms with Crippen LogP contribution in [0.2, 0.25) is 0 Å². The Morgan fingerprint density at radius 3 is 2.39 bits per heavy atom. The summed E-state index contributed by atoms with van der Waals surface area (Å²) >= 11 is 0. The number of halogens is 1. The molecule has 2 N–H and O–H groups in total. The molecule has 2 rings (SSSR count). The summed E-state index contributed by atoms with van der Waals surface area (Å²) in [4.78, 5) is 21.8. The van der Waals surface area contributed by atoms with Gasteiger partial charge in [0.15, 0.2) is 5.96 Å². The van der Waals surface area contributed by atoms with Crippen molar-refractivity contribution >= 4 is 36.0 Å². The number of carbonyl (C=O) groups is 1. The number of carbonyl (C=O) groups excluding carboxylic acids is 1. The van der Waals surface area contributed by atoms with Crippen molar-refractivity contribution in [3.8, 4) is 0 Å². The van der Waals surface area contributed by atoms with Gasteiger partial charge < -0.3 is 25.0 Å². The SMILES string of the molecule is CCNC(=NCC1CCN(C)CC1)NCC1C(C)OC(C)(C)N1C(=O)OC(C)(C)C.I. The maximum Gasteiger partial charge on any atom is 0.412 e. The second-order valence-corrected chi connectivity index (χ2v) is 10.0. The summed E-state index contributed by atoms with van der Waals surface area (Å²) < 4.78 is 11.7. The van der Waals surface area contributed by atoms with Crippen LogP contribution in [0, 0.1) is 5.92 Å². The number of hydrogen-bond acceptors (Lipinski definition) is 5. The molecule has 2 fully saturated rings. The van der Waals surface area contributed by atoms with Gasteiger partial charge in [-0.15, -0.1) is 24.0 Å². The standard InChI is InChI=1S/C22H43N5O3.HI/c1-9-23-19(24-14-17-10-12-26(8)13-11-17)25-15-18-16(2)29-22(6,7)27(18)20(28)30-21(3,4)5;/h16-18H,9-15H2,1-8H3,(H2,23,24,25);1H. The Hall–Kier alpha value is -0.810. The van der Waals surface area contributed by atoms with Crippen LogP contribution in [-0.2, 0) is 9.47 Å². The number of amides is 1. The molecule has 2 aliphatic heterocycles. The molecule has 182 valence electrons. The van der Waals surface area contributed by atoms with Gasteiger partial charge in [0.2, 0.25) is 0 Å². The summed E-state index contributed by atoms with van der Waals surface area (Å²) in [5.74, 6) is 1.42. The van der Waals surface area contributed by atoms with E-state index in [1.54, 1.807) is 4.90 Å². The largest absolute Gasteiger partial charge is 0.444 e. The van der Waals surface area contributed by atoms with Crippen LogP contribution in [0.25, 0.3) is 0 Å². The lowest BCUT2D eigenvalue weighted by atomic mass is 9.97. The van der Waals surface area contributed by atoms with Gasteiger partial charge in [0.25, 0.3) is 0 Å². The molecule has 2 aliphatic rings. The Balaban J connectivity index is 0.00000480. The second kappa shape index (κ2) is 11.9. The lowest BCUT2D eigenvalue weighted by Crippen LogP contribution is -2.54. The molecule has 9 heteroatoms. The predicted molar refractivity (Wildman–Crippen MR) is 136 cm³/mol. The highest BCUT2D eigenvalue weighted by atomic mass is 127. The molecule has 0 aromatic rings. The highest BCUT2D eigenvalue weighted by Gasteiger charge is 2.49. The molecule has 2 heterocycles. The number of aliphatic imine (C=N–C) groups is 1. The van der Waals surface area contributed by atoms with E-state index in [9.17, 15) is 4.79 Å². The number of piperidine rings is 1. The van der Waals surface area contributed by atoms with E-state index in [0.717, 1.165) is 32.1 Å². The van der Waals surface area contributed by atoms with Gasteiger partial charge >= 0.3 is 6.09 Å². The van der Waals surface area contributed by atoms with Gasteiger partial charge in [-0.05, 0) is 87.4 Å². The van der Waals surface area contributed by atoms with Crippen molar-refractivity contribution in [2.75, 3.05) is 39.8 Å². The van der Waals surface area contributed by atoms with Crippen molar-refractivity contribution in [3.63, 3.8) is 0 Å². The molecule has 2 saturated heterocycles. The average Bonchev–Trinajstić information content (AvgIpc) is 2.85. The lowest BCUT2D eigenvalue weighted by molar-refractivity contribution is -0.0755. The van der Waals surface area contributed by atoms with Gasteiger partial charge in [-0.2, -0.15) is 0 Å². The Morgan fingerprint density at radius 1 is 1.23 bits per heavy atom. The third-order valence-electron chi connectivity index (χ3n) is 5.69. The first-order valence-electron chi connectivity index (χ1n) is 11.3. The average molecular weight is 554 g/mol. The molecule has 8 nitrogen and oxygen atoms in total. The van der Waals surface area contributed by atoms with Gasteiger partial charge in [-0.1, -0.05) is 0 Å². The van der Waals surface area contributed by atoms with Gasteiger partial charge in [0.05, 0.1) is 12.1 Å². The van der Waals surface area contributed by atoms with Gasteiger partial charge in [-0.3, -0.25) is 9.89 Å². The van der Waals surface area contributed by atoms with Crippen LogP contribution in [0.15, 0.2) is 4.99 Å². The molecule has 31 heavy (non-hydrogen) atoms. The van der Waals surface area contributed by atoms with E-state index in [1.807, 2.05) is 41.5 Å². The Bertz CT molecular complexity index is 600. The van der Waals surface area contributed by atoms with Crippen LogP contribution >= 0.6 is 24.0 Å². The van der Waals surface area contributed by atoms with Gasteiger partial charge in [0.1, 0.15) is 11.3 Å². The molecular formula is C22H44IN5O3.